The Hall–Kier alpha value is -2.32. The van der Waals surface area contributed by atoms with E-state index in [1.165, 1.54) is 38.6 Å². The topological polar surface area (TPSA) is 103 Å². The van der Waals surface area contributed by atoms with E-state index in [0.29, 0.717) is 5.76 Å². The highest BCUT2D eigenvalue weighted by molar-refractivity contribution is 7.89. The lowest BCUT2D eigenvalue weighted by Gasteiger charge is -2.17. The zero-order valence-electron chi connectivity index (χ0n) is 12.1. The Kier molecular flexibility index (Phi) is 4.53. The Bertz CT molecular complexity index is 769. The number of sulfonamides is 1. The predicted molar refractivity (Wildman–Crippen MR) is 78.9 cm³/mol. The zero-order chi connectivity index (χ0) is 16.3. The van der Waals surface area contributed by atoms with E-state index in [4.69, 9.17) is 14.9 Å². The maximum Gasteiger partial charge on any atom is 0.252 e. The van der Waals surface area contributed by atoms with Gasteiger partial charge in [0.15, 0.2) is 0 Å². The molecule has 0 spiro atoms. The van der Waals surface area contributed by atoms with Gasteiger partial charge < -0.3 is 14.9 Å². The molecule has 8 heteroatoms. The molecule has 0 unspecified atom stereocenters. The molecule has 0 radical (unpaired) electrons. The summed E-state index contributed by atoms with van der Waals surface area (Å²) in [6, 6.07) is 7.31. The molecule has 7 nitrogen and oxygen atoms in total. The molecular formula is C14H16N2O5S. The van der Waals surface area contributed by atoms with Crippen molar-refractivity contribution in [2.75, 3.05) is 14.2 Å². The molecule has 0 bridgehead atoms. The molecular weight excluding hydrogens is 308 g/mol. The Balaban J connectivity index is 2.36. The Morgan fingerprint density at radius 3 is 2.64 bits per heavy atom. The molecule has 0 aliphatic rings. The lowest BCUT2D eigenvalue weighted by molar-refractivity contribution is 0.0997. The van der Waals surface area contributed by atoms with Crippen LogP contribution in [0.1, 0.15) is 16.1 Å². The van der Waals surface area contributed by atoms with Gasteiger partial charge in [0.25, 0.3) is 5.91 Å². The summed E-state index contributed by atoms with van der Waals surface area (Å²) in [5.74, 6) is -0.0302. The predicted octanol–water partition coefficient (Wildman–Crippen LogP) is 1.21. The lowest BCUT2D eigenvalue weighted by atomic mass is 10.2. The van der Waals surface area contributed by atoms with E-state index >= 15 is 0 Å². The highest BCUT2D eigenvalue weighted by Gasteiger charge is 2.24. The number of rotatable bonds is 6. The summed E-state index contributed by atoms with van der Waals surface area (Å²) in [4.78, 5) is 11.4. The maximum atomic E-state index is 12.5. The summed E-state index contributed by atoms with van der Waals surface area (Å²) < 4.78 is 36.3. The number of methoxy groups -OCH3 is 1. The molecule has 118 valence electrons. The molecule has 0 fully saturated rings. The van der Waals surface area contributed by atoms with E-state index in [-0.39, 0.29) is 22.8 Å². The van der Waals surface area contributed by atoms with Crippen molar-refractivity contribution >= 4 is 15.9 Å². The van der Waals surface area contributed by atoms with Crippen molar-refractivity contribution in [3.63, 3.8) is 0 Å². The number of amides is 1. The number of furan rings is 1. The Morgan fingerprint density at radius 1 is 1.36 bits per heavy atom. The first kappa shape index (κ1) is 16.1. The number of benzene rings is 1. The molecule has 2 aromatic rings. The molecule has 2 N–H and O–H groups in total. The molecule has 2 rings (SSSR count). The number of ether oxygens (including phenoxy) is 1. The van der Waals surface area contributed by atoms with E-state index in [2.05, 4.69) is 0 Å². The van der Waals surface area contributed by atoms with Crippen LogP contribution >= 0.6 is 0 Å². The highest BCUT2D eigenvalue weighted by Crippen LogP contribution is 2.24. The molecule has 1 heterocycles. The van der Waals surface area contributed by atoms with Crippen LogP contribution in [0.25, 0.3) is 0 Å². The second-order valence-corrected chi connectivity index (χ2v) is 6.61. The second-order valence-electron chi connectivity index (χ2n) is 4.57. The number of carbonyl (C=O) groups is 1. The van der Waals surface area contributed by atoms with Crippen molar-refractivity contribution in [2.24, 2.45) is 5.73 Å². The van der Waals surface area contributed by atoms with E-state index in [0.717, 1.165) is 4.31 Å². The van der Waals surface area contributed by atoms with Crippen LogP contribution in [0.2, 0.25) is 0 Å². The number of nitrogens with zero attached hydrogens (tertiary/aromatic N) is 1. The van der Waals surface area contributed by atoms with Gasteiger partial charge in [-0.2, -0.15) is 4.31 Å². The van der Waals surface area contributed by atoms with Crippen LogP contribution in [0.15, 0.2) is 45.9 Å². The molecule has 0 aliphatic carbocycles. The van der Waals surface area contributed by atoms with Crippen molar-refractivity contribution < 1.29 is 22.4 Å². The summed E-state index contributed by atoms with van der Waals surface area (Å²) in [6.07, 6.45) is 1.47. The van der Waals surface area contributed by atoms with Crippen LogP contribution in [-0.2, 0) is 16.6 Å². The smallest absolute Gasteiger partial charge is 0.252 e. The number of carbonyl (C=O) groups excluding carboxylic acids is 1. The van der Waals surface area contributed by atoms with Crippen LogP contribution in [0.4, 0.5) is 0 Å². The molecule has 0 atom stereocenters. The average Bonchev–Trinajstić information content (AvgIpc) is 2.99. The van der Waals surface area contributed by atoms with Gasteiger partial charge in [0.1, 0.15) is 11.5 Å². The highest BCUT2D eigenvalue weighted by atomic mass is 32.2. The number of hydrogen-bond acceptors (Lipinski definition) is 5. The number of nitrogens with two attached hydrogens (primary N) is 1. The van der Waals surface area contributed by atoms with Gasteiger partial charge in [0.2, 0.25) is 10.0 Å². The first-order valence-electron chi connectivity index (χ1n) is 6.33. The minimum atomic E-state index is -3.79. The molecule has 0 saturated heterocycles. The summed E-state index contributed by atoms with van der Waals surface area (Å²) in [7, 11) is -0.989. The normalized spacial score (nSPS) is 11.6. The van der Waals surface area contributed by atoms with Crippen molar-refractivity contribution in [1.82, 2.24) is 4.31 Å². The Labute approximate surface area is 128 Å². The fourth-order valence-electron chi connectivity index (χ4n) is 1.93. The minimum Gasteiger partial charge on any atom is -0.496 e. The monoisotopic (exact) mass is 324 g/mol. The van der Waals surface area contributed by atoms with E-state index in [1.54, 1.807) is 12.1 Å². The van der Waals surface area contributed by atoms with Crippen LogP contribution in [-0.4, -0.2) is 32.8 Å². The van der Waals surface area contributed by atoms with Crippen molar-refractivity contribution in [2.45, 2.75) is 11.4 Å². The van der Waals surface area contributed by atoms with Crippen molar-refractivity contribution in [3.05, 3.63) is 47.9 Å². The maximum absolute atomic E-state index is 12.5. The van der Waals surface area contributed by atoms with Gasteiger partial charge in [-0.25, -0.2) is 8.42 Å². The minimum absolute atomic E-state index is 0.00923. The van der Waals surface area contributed by atoms with E-state index < -0.39 is 15.9 Å². The summed E-state index contributed by atoms with van der Waals surface area (Å²) in [5, 5.41) is 0. The SMILES string of the molecule is COc1ccc(S(=O)(=O)N(C)Cc2ccco2)cc1C(N)=O. The zero-order valence-corrected chi connectivity index (χ0v) is 13.0. The molecule has 0 aliphatic heterocycles. The first-order valence-corrected chi connectivity index (χ1v) is 7.77. The van der Waals surface area contributed by atoms with Crippen LogP contribution in [0.5, 0.6) is 5.75 Å². The van der Waals surface area contributed by atoms with Gasteiger partial charge >= 0.3 is 0 Å². The van der Waals surface area contributed by atoms with Gasteiger partial charge in [-0.05, 0) is 30.3 Å². The largest absolute Gasteiger partial charge is 0.496 e. The van der Waals surface area contributed by atoms with Gasteiger partial charge in [-0.3, -0.25) is 4.79 Å². The van der Waals surface area contributed by atoms with Crippen LogP contribution < -0.4 is 10.5 Å². The summed E-state index contributed by atoms with van der Waals surface area (Å²) in [5.41, 5.74) is 5.25. The third kappa shape index (κ3) is 3.12. The number of hydrogen-bond donors (Lipinski definition) is 1. The fourth-order valence-corrected chi connectivity index (χ4v) is 3.09. The lowest BCUT2D eigenvalue weighted by Crippen LogP contribution is -2.26. The third-order valence-corrected chi connectivity index (χ3v) is 4.90. The third-order valence-electron chi connectivity index (χ3n) is 3.10. The standard InChI is InChI=1S/C14H16N2O5S/c1-16(9-10-4-3-7-21-10)22(18,19)11-5-6-13(20-2)12(8-11)14(15)17/h3-8H,9H2,1-2H3,(H2,15,17). The molecule has 0 saturated carbocycles. The number of primary amides is 1. The fraction of sp³-hybridized carbons (Fsp3) is 0.214. The first-order chi connectivity index (χ1) is 10.4. The van der Waals surface area contributed by atoms with Crippen LogP contribution in [0, 0.1) is 0 Å². The molecule has 1 amide bonds. The van der Waals surface area contributed by atoms with Crippen molar-refractivity contribution in [3.8, 4) is 5.75 Å². The molecule has 22 heavy (non-hydrogen) atoms. The van der Waals surface area contributed by atoms with Gasteiger partial charge in [0.05, 0.1) is 30.4 Å². The van der Waals surface area contributed by atoms with Gasteiger partial charge in [0, 0.05) is 7.05 Å². The molecule has 1 aromatic carbocycles. The summed E-state index contributed by atoms with van der Waals surface area (Å²) >= 11 is 0. The van der Waals surface area contributed by atoms with Crippen LogP contribution in [0.3, 0.4) is 0 Å². The molecule has 1 aromatic heterocycles. The van der Waals surface area contributed by atoms with Gasteiger partial charge in [-0.1, -0.05) is 0 Å². The van der Waals surface area contributed by atoms with E-state index in [1.807, 2.05) is 0 Å². The van der Waals surface area contributed by atoms with E-state index in [9.17, 15) is 13.2 Å². The average molecular weight is 324 g/mol. The summed E-state index contributed by atoms with van der Waals surface area (Å²) in [6.45, 7) is 0.0767. The van der Waals surface area contributed by atoms with Crippen molar-refractivity contribution in [1.29, 1.82) is 0 Å². The second kappa shape index (κ2) is 6.20. The quantitative estimate of drug-likeness (QED) is 0.860. The Morgan fingerprint density at radius 2 is 2.09 bits per heavy atom. The van der Waals surface area contributed by atoms with Gasteiger partial charge in [-0.15, -0.1) is 0 Å².